The number of hydrogen-bond acceptors (Lipinski definition) is 4. The third kappa shape index (κ3) is 2.85. The van der Waals surface area contributed by atoms with Crippen molar-refractivity contribution >= 4 is 16.9 Å². The summed E-state index contributed by atoms with van der Waals surface area (Å²) in [4.78, 5) is 23.1. The molecule has 3 aromatic rings. The quantitative estimate of drug-likeness (QED) is 0.723. The minimum Gasteiger partial charge on any atom is -0.339 e. The van der Waals surface area contributed by atoms with Crippen molar-refractivity contribution in [1.82, 2.24) is 19.4 Å². The van der Waals surface area contributed by atoms with E-state index in [1.54, 1.807) is 18.5 Å². The largest absolute Gasteiger partial charge is 0.339 e. The Morgan fingerprint density at radius 3 is 2.76 bits per heavy atom. The van der Waals surface area contributed by atoms with Crippen molar-refractivity contribution in [3.05, 3.63) is 54.1 Å². The molecule has 3 aromatic heterocycles. The number of pyridine rings is 2. The summed E-state index contributed by atoms with van der Waals surface area (Å²) in [5, 5.41) is 9.93. The molecule has 0 saturated carbocycles. The summed E-state index contributed by atoms with van der Waals surface area (Å²) in [6.45, 7) is 1.65. The van der Waals surface area contributed by atoms with Gasteiger partial charge in [0.2, 0.25) is 0 Å². The van der Waals surface area contributed by atoms with Gasteiger partial charge in [-0.25, -0.2) is 4.98 Å². The van der Waals surface area contributed by atoms with E-state index >= 15 is 0 Å². The van der Waals surface area contributed by atoms with Crippen molar-refractivity contribution < 1.29 is 4.79 Å². The Bertz CT molecular complexity index is 979. The van der Waals surface area contributed by atoms with E-state index in [9.17, 15) is 4.79 Å². The van der Waals surface area contributed by atoms with Gasteiger partial charge in [0, 0.05) is 37.1 Å². The molecule has 1 amide bonds. The molecule has 0 atom stereocenters. The molecule has 0 N–H and O–H groups in total. The van der Waals surface area contributed by atoms with E-state index < -0.39 is 0 Å². The van der Waals surface area contributed by atoms with Gasteiger partial charge in [0.1, 0.15) is 11.7 Å². The van der Waals surface area contributed by atoms with Crippen LogP contribution in [0.2, 0.25) is 0 Å². The lowest BCUT2D eigenvalue weighted by molar-refractivity contribution is 0.0724. The van der Waals surface area contributed by atoms with E-state index in [1.165, 1.54) is 12.6 Å². The molecule has 25 heavy (non-hydrogen) atoms. The first-order chi connectivity index (χ1) is 12.3. The van der Waals surface area contributed by atoms with E-state index in [0.29, 0.717) is 11.1 Å². The lowest BCUT2D eigenvalue weighted by Gasteiger charge is -2.26. The molecule has 0 aromatic carbocycles. The van der Waals surface area contributed by atoms with Crippen LogP contribution < -0.4 is 0 Å². The van der Waals surface area contributed by atoms with Crippen LogP contribution in [-0.2, 0) is 0 Å². The van der Waals surface area contributed by atoms with Crippen molar-refractivity contribution in [2.75, 3.05) is 13.1 Å². The molecular formula is C19H17N5O. The molecule has 0 radical (unpaired) electrons. The maximum absolute atomic E-state index is 12.6. The first-order valence-electron chi connectivity index (χ1n) is 8.38. The number of aromatic nitrogens is 3. The fraction of sp³-hybridized carbons (Fsp3) is 0.263. The molecule has 1 aliphatic heterocycles. The van der Waals surface area contributed by atoms with Crippen LogP contribution in [0.3, 0.4) is 0 Å². The predicted octanol–water partition coefficient (Wildman–Crippen LogP) is 2.92. The standard InChI is InChI=1S/C19H17N5O/c20-10-14-8-17(13-21-11-14)24-7-4-15-9-16(12-22-18(15)24)19(25)23-5-2-1-3-6-23/h4,7-9,11-13H,1-3,5-6H2. The highest BCUT2D eigenvalue weighted by molar-refractivity contribution is 5.97. The van der Waals surface area contributed by atoms with Gasteiger partial charge in [-0.05, 0) is 37.5 Å². The number of nitrogens with zero attached hydrogens (tertiary/aromatic N) is 5. The Morgan fingerprint density at radius 2 is 1.96 bits per heavy atom. The van der Waals surface area contributed by atoms with Crippen LogP contribution in [0.1, 0.15) is 35.2 Å². The lowest BCUT2D eigenvalue weighted by Crippen LogP contribution is -2.35. The monoisotopic (exact) mass is 331 g/mol. The highest BCUT2D eigenvalue weighted by atomic mass is 16.2. The van der Waals surface area contributed by atoms with Crippen LogP contribution in [-0.4, -0.2) is 38.4 Å². The second-order valence-corrected chi connectivity index (χ2v) is 6.22. The summed E-state index contributed by atoms with van der Waals surface area (Å²) in [6, 6.07) is 7.67. The number of hydrogen-bond donors (Lipinski definition) is 0. The molecule has 0 aliphatic carbocycles. The van der Waals surface area contributed by atoms with Crippen molar-refractivity contribution in [3.8, 4) is 11.8 Å². The molecule has 0 bridgehead atoms. The number of likely N-dealkylation sites (tertiary alicyclic amines) is 1. The van der Waals surface area contributed by atoms with Gasteiger partial charge >= 0.3 is 0 Å². The average Bonchev–Trinajstić information content (AvgIpc) is 3.11. The van der Waals surface area contributed by atoms with Crippen LogP contribution in [0.4, 0.5) is 0 Å². The zero-order valence-electron chi connectivity index (χ0n) is 13.7. The van der Waals surface area contributed by atoms with Gasteiger partial charge in [-0.2, -0.15) is 5.26 Å². The second-order valence-electron chi connectivity index (χ2n) is 6.22. The maximum atomic E-state index is 12.6. The zero-order valence-corrected chi connectivity index (χ0v) is 13.7. The van der Waals surface area contributed by atoms with Gasteiger partial charge in [0.25, 0.3) is 5.91 Å². The Labute approximate surface area is 145 Å². The molecule has 1 saturated heterocycles. The second kappa shape index (κ2) is 6.36. The minimum atomic E-state index is 0.0509. The van der Waals surface area contributed by atoms with Crippen LogP contribution >= 0.6 is 0 Å². The molecule has 1 fully saturated rings. The molecule has 6 nitrogen and oxygen atoms in total. The van der Waals surface area contributed by atoms with Gasteiger partial charge in [-0.15, -0.1) is 0 Å². The van der Waals surface area contributed by atoms with E-state index in [4.69, 9.17) is 5.26 Å². The first-order valence-corrected chi connectivity index (χ1v) is 8.38. The Hall–Kier alpha value is -3.20. The Kier molecular flexibility index (Phi) is 3.90. The van der Waals surface area contributed by atoms with E-state index in [2.05, 4.69) is 16.0 Å². The van der Waals surface area contributed by atoms with Gasteiger partial charge in [-0.1, -0.05) is 0 Å². The van der Waals surface area contributed by atoms with Crippen molar-refractivity contribution in [1.29, 1.82) is 5.26 Å². The summed E-state index contributed by atoms with van der Waals surface area (Å²) in [7, 11) is 0. The first kappa shape index (κ1) is 15.3. The molecule has 124 valence electrons. The highest BCUT2D eigenvalue weighted by Gasteiger charge is 2.19. The van der Waals surface area contributed by atoms with Crippen LogP contribution in [0.5, 0.6) is 0 Å². The van der Waals surface area contributed by atoms with E-state index in [-0.39, 0.29) is 5.91 Å². The number of carbonyl (C=O) groups is 1. The van der Waals surface area contributed by atoms with Gasteiger partial charge in [-0.3, -0.25) is 14.3 Å². The summed E-state index contributed by atoms with van der Waals surface area (Å²) in [6.07, 6.45) is 10.1. The number of carbonyl (C=O) groups excluding carboxylic acids is 1. The van der Waals surface area contributed by atoms with Crippen LogP contribution in [0.25, 0.3) is 16.7 Å². The molecular weight excluding hydrogens is 314 g/mol. The highest BCUT2D eigenvalue weighted by Crippen LogP contribution is 2.21. The molecule has 1 aliphatic rings. The number of fused-ring (bicyclic) bond motifs is 1. The molecule has 0 spiro atoms. The molecule has 4 heterocycles. The molecule has 6 heteroatoms. The van der Waals surface area contributed by atoms with Gasteiger partial charge in [0.15, 0.2) is 0 Å². The minimum absolute atomic E-state index is 0.0509. The summed E-state index contributed by atoms with van der Waals surface area (Å²) in [5.41, 5.74) is 2.64. The van der Waals surface area contributed by atoms with Gasteiger partial charge in [0.05, 0.1) is 23.0 Å². The Morgan fingerprint density at radius 1 is 1.12 bits per heavy atom. The topological polar surface area (TPSA) is 74.8 Å². The normalized spacial score (nSPS) is 14.4. The summed E-state index contributed by atoms with van der Waals surface area (Å²) >= 11 is 0. The van der Waals surface area contributed by atoms with Crippen LogP contribution in [0.15, 0.2) is 43.0 Å². The summed E-state index contributed by atoms with van der Waals surface area (Å²) in [5.74, 6) is 0.0509. The van der Waals surface area contributed by atoms with Crippen molar-refractivity contribution in [3.63, 3.8) is 0 Å². The van der Waals surface area contributed by atoms with E-state index in [1.807, 2.05) is 27.8 Å². The van der Waals surface area contributed by atoms with Crippen molar-refractivity contribution in [2.45, 2.75) is 19.3 Å². The Balaban J connectivity index is 1.69. The third-order valence-electron chi connectivity index (χ3n) is 4.55. The molecule has 0 unspecified atom stereocenters. The third-order valence-corrected chi connectivity index (χ3v) is 4.55. The number of amides is 1. The van der Waals surface area contributed by atoms with E-state index in [0.717, 1.165) is 42.7 Å². The number of rotatable bonds is 2. The summed E-state index contributed by atoms with van der Waals surface area (Å²) < 4.78 is 1.87. The van der Waals surface area contributed by atoms with Crippen LogP contribution in [0, 0.1) is 11.3 Å². The lowest BCUT2D eigenvalue weighted by atomic mass is 10.1. The SMILES string of the molecule is N#Cc1cncc(-n2ccc3cc(C(=O)N4CCCCC4)cnc32)c1. The predicted molar refractivity (Wildman–Crippen MR) is 93.3 cm³/mol. The average molecular weight is 331 g/mol. The number of nitriles is 1. The van der Waals surface area contributed by atoms with Gasteiger partial charge < -0.3 is 4.90 Å². The fourth-order valence-electron chi connectivity index (χ4n) is 3.25. The molecule has 4 rings (SSSR count). The maximum Gasteiger partial charge on any atom is 0.255 e. The fourth-order valence-corrected chi connectivity index (χ4v) is 3.25. The van der Waals surface area contributed by atoms with Crippen molar-refractivity contribution in [2.24, 2.45) is 0 Å². The number of piperidine rings is 1. The zero-order chi connectivity index (χ0) is 17.2. The smallest absolute Gasteiger partial charge is 0.255 e.